The van der Waals surface area contributed by atoms with Crippen molar-refractivity contribution in [3.63, 3.8) is 0 Å². The molecule has 1 fully saturated rings. The summed E-state index contributed by atoms with van der Waals surface area (Å²) in [5, 5.41) is 8.60. The molecule has 3 N–H and O–H groups in total. The molecule has 0 saturated carbocycles. The van der Waals surface area contributed by atoms with Gasteiger partial charge in [0.05, 0.1) is 19.2 Å². The van der Waals surface area contributed by atoms with Gasteiger partial charge in [-0.3, -0.25) is 24.5 Å². The van der Waals surface area contributed by atoms with Gasteiger partial charge in [0.15, 0.2) is 5.92 Å². The molecule has 38 heavy (non-hydrogen) atoms. The Morgan fingerprint density at radius 2 is 1.66 bits per heavy atom. The number of hydrogen-bond acceptors (Lipinski definition) is 7. The first-order valence-corrected chi connectivity index (χ1v) is 11.5. The molecule has 0 unspecified atom stereocenters. The molecule has 1 atom stereocenters. The number of methoxy groups -OCH3 is 1. The minimum absolute atomic E-state index is 0.199. The number of carbonyl (C=O) groups excluding carboxylic acids is 5. The van der Waals surface area contributed by atoms with Crippen molar-refractivity contribution in [3.05, 3.63) is 90.0 Å². The predicted octanol–water partition coefficient (Wildman–Crippen LogP) is 2.49. The second-order valence-corrected chi connectivity index (χ2v) is 8.15. The minimum Gasteiger partial charge on any atom is -0.497 e. The molecule has 11 nitrogen and oxygen atoms in total. The molecular formula is C27H23N5O6. The van der Waals surface area contributed by atoms with Gasteiger partial charge < -0.3 is 10.1 Å². The number of nitrogens with one attached hydrogen (secondary N) is 3. The fourth-order valence-corrected chi connectivity index (χ4v) is 3.62. The summed E-state index contributed by atoms with van der Waals surface area (Å²) < 4.78 is 5.07. The molecule has 11 heteroatoms. The van der Waals surface area contributed by atoms with Crippen molar-refractivity contribution in [1.82, 2.24) is 10.7 Å². The molecule has 1 saturated heterocycles. The highest BCUT2D eigenvalue weighted by atomic mass is 16.5. The average Bonchev–Trinajstić information content (AvgIpc) is 2.91. The minimum atomic E-state index is -1.43. The number of amides is 6. The Morgan fingerprint density at radius 1 is 0.974 bits per heavy atom. The van der Waals surface area contributed by atoms with Crippen molar-refractivity contribution in [2.45, 2.75) is 6.42 Å². The number of hydrogen-bond donors (Lipinski definition) is 3. The van der Waals surface area contributed by atoms with Crippen LogP contribution in [0.4, 0.5) is 16.2 Å². The molecule has 1 aliphatic heterocycles. The van der Waals surface area contributed by atoms with E-state index >= 15 is 0 Å². The van der Waals surface area contributed by atoms with Gasteiger partial charge in [-0.05, 0) is 54.1 Å². The third kappa shape index (κ3) is 6.08. The van der Waals surface area contributed by atoms with E-state index in [1.165, 1.54) is 31.4 Å². The third-order valence-electron chi connectivity index (χ3n) is 5.56. The molecule has 192 valence electrons. The van der Waals surface area contributed by atoms with Crippen LogP contribution in [0.15, 0.2) is 84.0 Å². The highest BCUT2D eigenvalue weighted by Crippen LogP contribution is 2.23. The van der Waals surface area contributed by atoms with Gasteiger partial charge in [-0.2, -0.15) is 5.10 Å². The summed E-state index contributed by atoms with van der Waals surface area (Å²) in [6.45, 7) is 0. The summed E-state index contributed by atoms with van der Waals surface area (Å²) in [6.07, 6.45) is 1.17. The van der Waals surface area contributed by atoms with E-state index in [9.17, 15) is 24.0 Å². The third-order valence-corrected chi connectivity index (χ3v) is 5.56. The Kier molecular flexibility index (Phi) is 7.87. The van der Waals surface area contributed by atoms with Crippen LogP contribution in [-0.2, 0) is 20.8 Å². The number of hydrazone groups is 1. The molecule has 0 aromatic heterocycles. The van der Waals surface area contributed by atoms with Gasteiger partial charge in [-0.25, -0.2) is 15.1 Å². The second-order valence-electron chi connectivity index (χ2n) is 8.15. The van der Waals surface area contributed by atoms with Crippen LogP contribution >= 0.6 is 0 Å². The van der Waals surface area contributed by atoms with E-state index in [1.807, 2.05) is 30.3 Å². The van der Waals surface area contributed by atoms with Crippen LogP contribution in [0.2, 0.25) is 0 Å². The highest BCUT2D eigenvalue weighted by molar-refractivity contribution is 6.32. The van der Waals surface area contributed by atoms with E-state index in [0.717, 1.165) is 16.7 Å². The van der Waals surface area contributed by atoms with E-state index in [1.54, 1.807) is 24.3 Å². The number of barbiturate groups is 1. The summed E-state index contributed by atoms with van der Waals surface area (Å²) >= 11 is 0. The van der Waals surface area contributed by atoms with Crippen LogP contribution in [0.3, 0.4) is 0 Å². The summed E-state index contributed by atoms with van der Waals surface area (Å²) in [4.78, 5) is 62.8. The lowest BCUT2D eigenvalue weighted by molar-refractivity contribution is -0.131. The summed E-state index contributed by atoms with van der Waals surface area (Å²) in [6, 6.07) is 20.6. The van der Waals surface area contributed by atoms with Crippen molar-refractivity contribution < 1.29 is 28.7 Å². The maximum atomic E-state index is 12.9. The van der Waals surface area contributed by atoms with Crippen molar-refractivity contribution in [2.75, 3.05) is 17.3 Å². The van der Waals surface area contributed by atoms with Gasteiger partial charge >= 0.3 is 6.03 Å². The smallest absolute Gasteiger partial charge is 0.335 e. The molecule has 0 aliphatic carbocycles. The number of carbonyl (C=O) groups is 5. The Bertz CT molecular complexity index is 1390. The van der Waals surface area contributed by atoms with Crippen LogP contribution in [0.5, 0.6) is 5.75 Å². The molecule has 1 heterocycles. The van der Waals surface area contributed by atoms with Gasteiger partial charge in [0.1, 0.15) is 5.75 Å². The van der Waals surface area contributed by atoms with Crippen LogP contribution in [-0.4, -0.2) is 43.0 Å². The lowest BCUT2D eigenvalue weighted by atomic mass is 10.1. The zero-order valence-corrected chi connectivity index (χ0v) is 20.2. The first-order chi connectivity index (χ1) is 18.4. The lowest BCUT2D eigenvalue weighted by Crippen LogP contribution is -2.58. The number of imide groups is 2. The Hall–Kier alpha value is -5.32. The average molecular weight is 514 g/mol. The van der Waals surface area contributed by atoms with Crippen molar-refractivity contribution >= 4 is 47.2 Å². The molecular weight excluding hydrogens is 490 g/mol. The van der Waals surface area contributed by atoms with Crippen molar-refractivity contribution in [1.29, 1.82) is 0 Å². The zero-order chi connectivity index (χ0) is 27.1. The summed E-state index contributed by atoms with van der Waals surface area (Å²) in [5.41, 5.74) is 4.11. The molecule has 1 aliphatic rings. The number of nitrogens with zero attached hydrogens (tertiary/aromatic N) is 2. The van der Waals surface area contributed by atoms with Crippen LogP contribution in [0.1, 0.15) is 15.9 Å². The quantitative estimate of drug-likeness (QED) is 0.240. The number of rotatable bonds is 8. The van der Waals surface area contributed by atoms with Gasteiger partial charge in [0.25, 0.3) is 11.8 Å². The van der Waals surface area contributed by atoms with Gasteiger partial charge in [0, 0.05) is 17.5 Å². The van der Waals surface area contributed by atoms with Crippen molar-refractivity contribution in [3.8, 4) is 5.75 Å². The standard InChI is InChI=1S/C27H23N5O6/c1-38-21-13-11-20(12-14-21)32-26(36)22(25(35)30-27(32)37)16-28-31-24(34)18-7-9-19(10-8-18)29-23(33)15-17-5-3-2-4-6-17/h2-14,16,22H,15H2,1H3,(H,29,33)(H,31,34)(H,30,35,37)/b28-16-/t22-/m1/s1. The Morgan fingerprint density at radius 3 is 2.32 bits per heavy atom. The molecule has 3 aromatic rings. The maximum absolute atomic E-state index is 12.9. The predicted molar refractivity (Wildman–Crippen MR) is 139 cm³/mol. The number of benzene rings is 3. The van der Waals surface area contributed by atoms with E-state index in [0.29, 0.717) is 11.4 Å². The van der Waals surface area contributed by atoms with E-state index in [2.05, 4.69) is 21.2 Å². The molecule has 4 rings (SSSR count). The topological polar surface area (TPSA) is 146 Å². The maximum Gasteiger partial charge on any atom is 0.335 e. The van der Waals surface area contributed by atoms with Gasteiger partial charge in [-0.15, -0.1) is 0 Å². The summed E-state index contributed by atoms with van der Waals surface area (Å²) in [7, 11) is 1.48. The monoisotopic (exact) mass is 513 g/mol. The molecule has 0 bridgehead atoms. The van der Waals surface area contributed by atoms with Gasteiger partial charge in [-0.1, -0.05) is 30.3 Å². The Balaban J connectivity index is 1.35. The largest absolute Gasteiger partial charge is 0.497 e. The van der Waals surface area contributed by atoms with E-state index < -0.39 is 29.7 Å². The van der Waals surface area contributed by atoms with E-state index in [4.69, 9.17) is 4.74 Å². The second kappa shape index (κ2) is 11.6. The van der Waals surface area contributed by atoms with Gasteiger partial charge in [0.2, 0.25) is 11.8 Å². The Labute approximate surface area is 217 Å². The highest BCUT2D eigenvalue weighted by Gasteiger charge is 2.40. The van der Waals surface area contributed by atoms with Crippen molar-refractivity contribution in [2.24, 2.45) is 11.0 Å². The zero-order valence-electron chi connectivity index (χ0n) is 20.2. The van der Waals surface area contributed by atoms with Crippen LogP contribution in [0, 0.1) is 5.92 Å². The number of anilines is 2. The normalized spacial score (nSPS) is 15.2. The molecule has 0 spiro atoms. The number of ether oxygens (including phenoxy) is 1. The molecule has 0 radical (unpaired) electrons. The number of urea groups is 1. The molecule has 6 amide bonds. The fourth-order valence-electron chi connectivity index (χ4n) is 3.62. The first-order valence-electron chi connectivity index (χ1n) is 11.5. The lowest BCUT2D eigenvalue weighted by Gasteiger charge is -2.28. The summed E-state index contributed by atoms with van der Waals surface area (Å²) in [5.74, 6) is -3.39. The SMILES string of the molecule is COc1ccc(N2C(=O)NC(=O)[C@@H](/C=N\NC(=O)c3ccc(NC(=O)Cc4ccccc4)cc3)C2=O)cc1. The molecule has 3 aromatic carbocycles. The first kappa shape index (κ1) is 25.8. The van der Waals surface area contributed by atoms with Crippen LogP contribution in [0.25, 0.3) is 0 Å². The fraction of sp³-hybridized carbons (Fsp3) is 0.111. The van der Waals surface area contributed by atoms with E-state index in [-0.39, 0.29) is 23.6 Å². The van der Waals surface area contributed by atoms with Crippen LogP contribution < -0.4 is 25.7 Å².